The molecule has 0 aromatic heterocycles. The third-order valence-electron chi connectivity index (χ3n) is 3.80. The monoisotopic (exact) mass is 404 g/mol. The fraction of sp³-hybridized carbons (Fsp3) is 0.765. The first kappa shape index (κ1) is 25.2. The molecule has 10 heteroatoms. The predicted octanol–water partition coefficient (Wildman–Crippen LogP) is -0.495. The summed E-state index contributed by atoms with van der Waals surface area (Å²) in [6.45, 7) is 8.62. The maximum absolute atomic E-state index is 12.5. The Hall–Kier alpha value is -1.81. The van der Waals surface area contributed by atoms with E-state index in [-0.39, 0.29) is 24.0 Å². The third-order valence-corrected chi connectivity index (χ3v) is 4.16. The van der Waals surface area contributed by atoms with Crippen LogP contribution in [0.3, 0.4) is 0 Å². The number of carboxylic acid groups (broad SMARTS) is 1. The SMILES string of the molecule is CC(C)CC(NC(=O)C(NC(=O)C(CS)NC(=O)C(C)N)C(C)C)C(=O)O. The molecule has 6 N–H and O–H groups in total. The van der Waals surface area contributed by atoms with Crippen LogP contribution >= 0.6 is 12.6 Å². The van der Waals surface area contributed by atoms with Crippen molar-refractivity contribution in [1.82, 2.24) is 16.0 Å². The van der Waals surface area contributed by atoms with E-state index >= 15 is 0 Å². The number of rotatable bonds is 11. The highest BCUT2D eigenvalue weighted by Gasteiger charge is 2.31. The van der Waals surface area contributed by atoms with Crippen LogP contribution in [0.25, 0.3) is 0 Å². The smallest absolute Gasteiger partial charge is 0.326 e. The molecule has 0 saturated carbocycles. The summed E-state index contributed by atoms with van der Waals surface area (Å²) in [5.41, 5.74) is 5.47. The third kappa shape index (κ3) is 9.09. The molecule has 0 spiro atoms. The molecule has 4 atom stereocenters. The topological polar surface area (TPSA) is 151 Å². The second kappa shape index (κ2) is 11.8. The van der Waals surface area contributed by atoms with Crippen molar-refractivity contribution in [2.75, 3.05) is 5.75 Å². The summed E-state index contributed by atoms with van der Waals surface area (Å²) in [5, 5.41) is 16.8. The fourth-order valence-electron chi connectivity index (χ4n) is 2.24. The van der Waals surface area contributed by atoms with Gasteiger partial charge in [0.2, 0.25) is 17.7 Å². The molecule has 4 unspecified atom stereocenters. The summed E-state index contributed by atoms with van der Waals surface area (Å²) in [6.07, 6.45) is 0.267. The van der Waals surface area contributed by atoms with Gasteiger partial charge in [0.1, 0.15) is 18.1 Å². The number of nitrogens with one attached hydrogen (secondary N) is 3. The van der Waals surface area contributed by atoms with Crippen molar-refractivity contribution < 1.29 is 24.3 Å². The molecular weight excluding hydrogens is 372 g/mol. The van der Waals surface area contributed by atoms with Gasteiger partial charge in [0, 0.05) is 5.75 Å². The van der Waals surface area contributed by atoms with E-state index in [1.807, 2.05) is 13.8 Å². The number of carbonyl (C=O) groups is 4. The Morgan fingerprint density at radius 2 is 1.41 bits per heavy atom. The lowest BCUT2D eigenvalue weighted by Crippen LogP contribution is -2.58. The number of carboxylic acids is 1. The van der Waals surface area contributed by atoms with Gasteiger partial charge in [-0.15, -0.1) is 0 Å². The minimum atomic E-state index is -1.14. The highest BCUT2D eigenvalue weighted by atomic mass is 32.1. The van der Waals surface area contributed by atoms with Crippen molar-refractivity contribution >= 4 is 36.3 Å². The van der Waals surface area contributed by atoms with Gasteiger partial charge in [-0.05, 0) is 25.2 Å². The first-order chi connectivity index (χ1) is 12.4. The number of amides is 3. The Labute approximate surface area is 165 Å². The second-order valence-electron chi connectivity index (χ2n) is 7.29. The van der Waals surface area contributed by atoms with E-state index in [0.717, 1.165) is 0 Å². The van der Waals surface area contributed by atoms with Crippen molar-refractivity contribution in [3.8, 4) is 0 Å². The van der Waals surface area contributed by atoms with E-state index in [2.05, 4.69) is 28.6 Å². The summed E-state index contributed by atoms with van der Waals surface area (Å²) in [7, 11) is 0. The number of nitrogens with two attached hydrogens (primary N) is 1. The molecule has 0 aromatic carbocycles. The van der Waals surface area contributed by atoms with Gasteiger partial charge in [0.15, 0.2) is 0 Å². The Bertz CT molecular complexity index is 539. The first-order valence-electron chi connectivity index (χ1n) is 8.91. The van der Waals surface area contributed by atoms with Crippen molar-refractivity contribution in [3.63, 3.8) is 0 Å². The Kier molecular flexibility index (Phi) is 11.0. The zero-order valence-corrected chi connectivity index (χ0v) is 17.4. The lowest BCUT2D eigenvalue weighted by Gasteiger charge is -2.26. The molecule has 0 aliphatic heterocycles. The van der Waals surface area contributed by atoms with Gasteiger partial charge < -0.3 is 26.8 Å². The van der Waals surface area contributed by atoms with Gasteiger partial charge in [-0.25, -0.2) is 4.79 Å². The number of thiol groups is 1. The van der Waals surface area contributed by atoms with E-state index in [1.165, 1.54) is 6.92 Å². The molecule has 0 saturated heterocycles. The summed E-state index contributed by atoms with van der Waals surface area (Å²) in [6, 6.07) is -3.77. The van der Waals surface area contributed by atoms with Crippen molar-refractivity contribution in [2.45, 2.75) is 65.2 Å². The molecule has 156 valence electrons. The predicted molar refractivity (Wildman–Crippen MR) is 105 cm³/mol. The largest absolute Gasteiger partial charge is 0.480 e. The quantitative estimate of drug-likeness (QED) is 0.256. The fourth-order valence-corrected chi connectivity index (χ4v) is 2.50. The molecule has 0 bridgehead atoms. The van der Waals surface area contributed by atoms with E-state index in [1.54, 1.807) is 13.8 Å². The summed E-state index contributed by atoms with van der Waals surface area (Å²) in [4.78, 5) is 48.0. The van der Waals surface area contributed by atoms with Gasteiger partial charge in [0.05, 0.1) is 6.04 Å². The maximum atomic E-state index is 12.5. The van der Waals surface area contributed by atoms with E-state index in [0.29, 0.717) is 0 Å². The average Bonchev–Trinajstić information content (AvgIpc) is 2.55. The molecule has 0 fully saturated rings. The van der Waals surface area contributed by atoms with Crippen LogP contribution in [0.5, 0.6) is 0 Å². The molecular formula is C17H32N4O5S. The van der Waals surface area contributed by atoms with E-state index in [9.17, 15) is 24.3 Å². The van der Waals surface area contributed by atoms with Crippen LogP contribution < -0.4 is 21.7 Å². The molecule has 0 aliphatic rings. The van der Waals surface area contributed by atoms with Crippen LogP contribution in [0.4, 0.5) is 0 Å². The minimum absolute atomic E-state index is 0.0157. The standard InChI is InChI=1S/C17H32N4O5S/c1-8(2)6-11(17(25)26)19-16(24)13(9(3)4)21-15(23)12(7-27)20-14(22)10(5)18/h8-13,27H,6-7,18H2,1-5H3,(H,19,24)(H,20,22)(H,21,23)(H,25,26). The molecule has 27 heavy (non-hydrogen) atoms. The molecule has 0 heterocycles. The normalized spacial score (nSPS) is 15.6. The first-order valence-corrected chi connectivity index (χ1v) is 9.54. The summed E-state index contributed by atoms with van der Waals surface area (Å²) < 4.78 is 0. The molecule has 0 aromatic rings. The van der Waals surface area contributed by atoms with E-state index in [4.69, 9.17) is 5.73 Å². The summed E-state index contributed by atoms with van der Waals surface area (Å²) >= 11 is 4.05. The van der Waals surface area contributed by atoms with Crippen LogP contribution in [0.15, 0.2) is 0 Å². The maximum Gasteiger partial charge on any atom is 0.326 e. The number of carbonyl (C=O) groups excluding carboxylic acids is 3. The number of hydrogen-bond donors (Lipinski definition) is 6. The zero-order valence-electron chi connectivity index (χ0n) is 16.5. The zero-order chi connectivity index (χ0) is 21.3. The minimum Gasteiger partial charge on any atom is -0.480 e. The Morgan fingerprint density at radius 1 is 0.889 bits per heavy atom. The van der Waals surface area contributed by atoms with Gasteiger partial charge in [-0.3, -0.25) is 14.4 Å². The Balaban J connectivity index is 5.14. The number of aliphatic carboxylic acids is 1. The van der Waals surface area contributed by atoms with Gasteiger partial charge in [-0.2, -0.15) is 12.6 Å². The van der Waals surface area contributed by atoms with E-state index < -0.39 is 47.9 Å². The average molecular weight is 405 g/mol. The highest BCUT2D eigenvalue weighted by molar-refractivity contribution is 7.80. The van der Waals surface area contributed by atoms with Crippen molar-refractivity contribution in [3.05, 3.63) is 0 Å². The van der Waals surface area contributed by atoms with Gasteiger partial charge in [-0.1, -0.05) is 27.7 Å². The van der Waals surface area contributed by atoms with Crippen LogP contribution in [-0.2, 0) is 19.2 Å². The summed E-state index contributed by atoms with van der Waals surface area (Å²) in [5.74, 6) is -3.05. The molecule has 0 aliphatic carbocycles. The van der Waals surface area contributed by atoms with Crippen LogP contribution in [-0.4, -0.2) is 58.7 Å². The molecule has 9 nitrogen and oxygen atoms in total. The van der Waals surface area contributed by atoms with Crippen LogP contribution in [0, 0.1) is 11.8 Å². The van der Waals surface area contributed by atoms with Crippen molar-refractivity contribution in [2.24, 2.45) is 17.6 Å². The molecule has 3 amide bonds. The number of hydrogen-bond acceptors (Lipinski definition) is 6. The van der Waals surface area contributed by atoms with Crippen molar-refractivity contribution in [1.29, 1.82) is 0 Å². The van der Waals surface area contributed by atoms with Gasteiger partial charge in [0.25, 0.3) is 0 Å². The lowest BCUT2D eigenvalue weighted by atomic mass is 10.00. The van der Waals surface area contributed by atoms with Crippen LogP contribution in [0.2, 0.25) is 0 Å². The second-order valence-corrected chi connectivity index (χ2v) is 7.66. The molecule has 0 radical (unpaired) electrons. The van der Waals surface area contributed by atoms with Gasteiger partial charge >= 0.3 is 5.97 Å². The van der Waals surface area contributed by atoms with Crippen LogP contribution in [0.1, 0.15) is 41.0 Å². The highest BCUT2D eigenvalue weighted by Crippen LogP contribution is 2.08. The Morgan fingerprint density at radius 3 is 1.78 bits per heavy atom. The lowest BCUT2D eigenvalue weighted by molar-refractivity contribution is -0.143. The molecule has 0 rings (SSSR count).